The summed E-state index contributed by atoms with van der Waals surface area (Å²) >= 11 is 0. The molecule has 0 radical (unpaired) electrons. The van der Waals surface area contributed by atoms with E-state index in [2.05, 4.69) is 22.0 Å². The fourth-order valence-electron chi connectivity index (χ4n) is 3.85. The first-order chi connectivity index (χ1) is 10.8. The zero-order chi connectivity index (χ0) is 14.9. The molecule has 2 aliphatic heterocycles. The lowest BCUT2D eigenvalue weighted by Gasteiger charge is -2.32. The molecule has 1 atom stereocenters. The summed E-state index contributed by atoms with van der Waals surface area (Å²) < 4.78 is 11.0. The van der Waals surface area contributed by atoms with Gasteiger partial charge in [0.05, 0.1) is 13.7 Å². The van der Waals surface area contributed by atoms with Gasteiger partial charge in [0.15, 0.2) is 0 Å². The van der Waals surface area contributed by atoms with E-state index >= 15 is 0 Å². The monoisotopic (exact) mass is 300 g/mol. The molecule has 0 bridgehead atoms. The fourth-order valence-corrected chi connectivity index (χ4v) is 3.85. The van der Waals surface area contributed by atoms with E-state index in [1.807, 2.05) is 6.07 Å². The van der Waals surface area contributed by atoms with Crippen LogP contribution in [-0.4, -0.2) is 43.3 Å². The van der Waals surface area contributed by atoms with E-state index in [4.69, 9.17) is 9.47 Å². The molecule has 4 heteroatoms. The molecule has 3 heterocycles. The van der Waals surface area contributed by atoms with Crippen LogP contribution >= 0.6 is 0 Å². The van der Waals surface area contributed by atoms with Gasteiger partial charge in [-0.05, 0) is 42.5 Å². The molecule has 118 valence electrons. The van der Waals surface area contributed by atoms with Crippen LogP contribution in [0.1, 0.15) is 24.1 Å². The number of nitrogens with zero attached hydrogens (tertiary/aromatic N) is 1. The Hall–Kier alpha value is -1.52. The molecule has 4 nitrogen and oxygen atoms in total. The molecule has 2 aliphatic rings. The van der Waals surface area contributed by atoms with Crippen LogP contribution in [0.4, 0.5) is 0 Å². The van der Waals surface area contributed by atoms with Gasteiger partial charge in [0, 0.05) is 49.3 Å². The van der Waals surface area contributed by atoms with Crippen LogP contribution in [0.15, 0.2) is 18.2 Å². The number of fused-ring (bicyclic) bond motifs is 3. The van der Waals surface area contributed by atoms with Crippen molar-refractivity contribution in [2.75, 3.05) is 33.4 Å². The van der Waals surface area contributed by atoms with E-state index in [-0.39, 0.29) is 0 Å². The summed E-state index contributed by atoms with van der Waals surface area (Å²) in [6.45, 7) is 5.23. The third-order valence-electron chi connectivity index (χ3n) is 5.03. The van der Waals surface area contributed by atoms with Gasteiger partial charge in [-0.3, -0.25) is 4.90 Å². The van der Waals surface area contributed by atoms with E-state index < -0.39 is 0 Å². The normalized spacial score (nSPS) is 22.7. The maximum atomic E-state index is 5.63. The van der Waals surface area contributed by atoms with Crippen molar-refractivity contribution in [3.05, 3.63) is 29.5 Å². The molecule has 0 spiro atoms. The molecule has 1 fully saturated rings. The van der Waals surface area contributed by atoms with Crippen LogP contribution < -0.4 is 4.74 Å². The molecule has 0 saturated carbocycles. The Bertz CT molecular complexity index is 658. The molecule has 0 aliphatic carbocycles. The van der Waals surface area contributed by atoms with E-state index in [1.54, 1.807) is 7.11 Å². The number of hydrogen-bond acceptors (Lipinski definition) is 3. The van der Waals surface area contributed by atoms with Gasteiger partial charge in [-0.15, -0.1) is 0 Å². The topological polar surface area (TPSA) is 37.5 Å². The van der Waals surface area contributed by atoms with Crippen molar-refractivity contribution in [1.29, 1.82) is 0 Å². The Kier molecular flexibility index (Phi) is 3.80. The predicted octanol–water partition coefficient (Wildman–Crippen LogP) is 2.96. The zero-order valence-electron chi connectivity index (χ0n) is 13.2. The molecule has 1 saturated heterocycles. The predicted molar refractivity (Wildman–Crippen MR) is 87.4 cm³/mol. The Balaban J connectivity index is 1.56. The summed E-state index contributed by atoms with van der Waals surface area (Å²) in [7, 11) is 1.73. The third kappa shape index (κ3) is 2.61. The highest BCUT2D eigenvalue weighted by Gasteiger charge is 2.24. The van der Waals surface area contributed by atoms with Crippen LogP contribution in [0.25, 0.3) is 10.9 Å². The van der Waals surface area contributed by atoms with Crippen molar-refractivity contribution >= 4 is 10.9 Å². The van der Waals surface area contributed by atoms with Gasteiger partial charge in [-0.1, -0.05) is 0 Å². The summed E-state index contributed by atoms with van der Waals surface area (Å²) in [5, 5.41) is 1.32. The average Bonchev–Trinajstić information content (AvgIpc) is 2.93. The van der Waals surface area contributed by atoms with Crippen molar-refractivity contribution in [2.24, 2.45) is 5.92 Å². The maximum Gasteiger partial charge on any atom is 0.119 e. The summed E-state index contributed by atoms with van der Waals surface area (Å²) in [5.74, 6) is 1.64. The second kappa shape index (κ2) is 5.94. The Morgan fingerprint density at radius 2 is 2.36 bits per heavy atom. The largest absolute Gasteiger partial charge is 0.497 e. The van der Waals surface area contributed by atoms with E-state index in [0.29, 0.717) is 5.92 Å². The van der Waals surface area contributed by atoms with Crippen molar-refractivity contribution in [3.8, 4) is 5.75 Å². The third-order valence-corrected chi connectivity index (χ3v) is 5.03. The SMILES string of the molecule is COc1ccc2[nH]c3c(c2c1)CN(CC1CCCOC1)CC3. The van der Waals surface area contributed by atoms with Crippen molar-refractivity contribution in [1.82, 2.24) is 9.88 Å². The molecule has 22 heavy (non-hydrogen) atoms. The standard InChI is InChI=1S/C18H24N2O2/c1-21-14-4-5-17-15(9-14)16-11-20(7-6-18(16)19-17)10-13-3-2-8-22-12-13/h4-5,9,13,19H,2-3,6-8,10-12H2,1H3. The number of aromatic amines is 1. The van der Waals surface area contributed by atoms with Crippen molar-refractivity contribution < 1.29 is 9.47 Å². The molecule has 0 amide bonds. The second-order valence-corrected chi connectivity index (χ2v) is 6.56. The molecule has 1 N–H and O–H groups in total. The lowest BCUT2D eigenvalue weighted by Crippen LogP contribution is -2.37. The highest BCUT2D eigenvalue weighted by molar-refractivity contribution is 5.86. The molecule has 1 unspecified atom stereocenters. The number of ether oxygens (including phenoxy) is 2. The van der Waals surface area contributed by atoms with E-state index in [0.717, 1.165) is 45.0 Å². The van der Waals surface area contributed by atoms with Crippen LogP contribution in [0, 0.1) is 5.92 Å². The van der Waals surface area contributed by atoms with Gasteiger partial charge < -0.3 is 14.5 Å². The summed E-state index contributed by atoms with van der Waals surface area (Å²) in [6.07, 6.45) is 3.64. The molecule has 1 aromatic carbocycles. The average molecular weight is 300 g/mol. The number of aromatic nitrogens is 1. The Labute approximate surface area is 131 Å². The van der Waals surface area contributed by atoms with Gasteiger partial charge in [0.25, 0.3) is 0 Å². The Morgan fingerprint density at radius 1 is 1.41 bits per heavy atom. The number of benzene rings is 1. The smallest absolute Gasteiger partial charge is 0.119 e. The summed E-state index contributed by atoms with van der Waals surface area (Å²) in [5.41, 5.74) is 4.09. The fraction of sp³-hybridized carbons (Fsp3) is 0.556. The van der Waals surface area contributed by atoms with Crippen molar-refractivity contribution in [2.45, 2.75) is 25.8 Å². The first kappa shape index (κ1) is 14.1. The Morgan fingerprint density at radius 3 is 3.18 bits per heavy atom. The van der Waals surface area contributed by atoms with Gasteiger partial charge >= 0.3 is 0 Å². The number of methoxy groups -OCH3 is 1. The molecule has 2 aromatic rings. The highest BCUT2D eigenvalue weighted by atomic mass is 16.5. The minimum absolute atomic E-state index is 0.704. The quantitative estimate of drug-likeness (QED) is 0.947. The number of rotatable bonds is 3. The van der Waals surface area contributed by atoms with Crippen LogP contribution in [0.2, 0.25) is 0 Å². The first-order valence-electron chi connectivity index (χ1n) is 8.31. The molecular weight excluding hydrogens is 276 g/mol. The van der Waals surface area contributed by atoms with Gasteiger partial charge in [-0.25, -0.2) is 0 Å². The van der Waals surface area contributed by atoms with E-state index in [1.165, 1.54) is 35.0 Å². The summed E-state index contributed by atoms with van der Waals surface area (Å²) in [6, 6.07) is 6.32. The van der Waals surface area contributed by atoms with Gasteiger partial charge in [0.1, 0.15) is 5.75 Å². The minimum Gasteiger partial charge on any atom is -0.497 e. The number of nitrogens with one attached hydrogen (secondary N) is 1. The van der Waals surface area contributed by atoms with Gasteiger partial charge in [0.2, 0.25) is 0 Å². The molecule has 4 rings (SSSR count). The second-order valence-electron chi connectivity index (χ2n) is 6.56. The maximum absolute atomic E-state index is 5.63. The molecule has 1 aromatic heterocycles. The first-order valence-corrected chi connectivity index (χ1v) is 8.31. The number of H-pyrrole nitrogens is 1. The number of hydrogen-bond donors (Lipinski definition) is 1. The van der Waals surface area contributed by atoms with E-state index in [9.17, 15) is 0 Å². The van der Waals surface area contributed by atoms with Gasteiger partial charge in [-0.2, -0.15) is 0 Å². The molecular formula is C18H24N2O2. The van der Waals surface area contributed by atoms with Crippen LogP contribution in [-0.2, 0) is 17.7 Å². The summed E-state index contributed by atoms with van der Waals surface area (Å²) in [4.78, 5) is 6.18. The lowest BCUT2D eigenvalue weighted by molar-refractivity contribution is 0.0364. The lowest BCUT2D eigenvalue weighted by atomic mass is 9.99. The highest BCUT2D eigenvalue weighted by Crippen LogP contribution is 2.31. The van der Waals surface area contributed by atoms with Crippen molar-refractivity contribution in [3.63, 3.8) is 0 Å². The zero-order valence-corrected chi connectivity index (χ0v) is 13.2. The minimum atomic E-state index is 0.704. The van der Waals surface area contributed by atoms with Crippen LogP contribution in [0.5, 0.6) is 5.75 Å². The van der Waals surface area contributed by atoms with Crippen LogP contribution in [0.3, 0.4) is 0 Å².